The highest BCUT2D eigenvalue weighted by Gasteiger charge is 2.24. The Morgan fingerprint density at radius 1 is 1.44 bits per heavy atom. The summed E-state index contributed by atoms with van der Waals surface area (Å²) in [5, 5.41) is 23.9. The molecule has 0 aliphatic heterocycles. The number of nitrogens with zero attached hydrogens (tertiary/aromatic N) is 2. The maximum atomic E-state index is 11.3. The average Bonchev–Trinajstić information content (AvgIpc) is 2.68. The molecule has 8 nitrogen and oxygen atoms in total. The Balaban J connectivity index is 2.65. The number of hydrogen-bond acceptors (Lipinski definition) is 6. The molecule has 9 heteroatoms. The van der Waals surface area contributed by atoms with Crippen molar-refractivity contribution in [2.75, 3.05) is 0 Å². The van der Waals surface area contributed by atoms with Crippen LogP contribution in [-0.2, 0) is 9.59 Å². The van der Waals surface area contributed by atoms with E-state index in [-0.39, 0.29) is 5.69 Å². The lowest BCUT2D eigenvalue weighted by Crippen LogP contribution is -2.42. The minimum atomic E-state index is -1.48. The molecule has 0 spiro atoms. The van der Waals surface area contributed by atoms with Gasteiger partial charge in [-0.05, 0) is 11.5 Å². The second kappa shape index (κ2) is 5.16. The van der Waals surface area contributed by atoms with Gasteiger partial charge >= 0.3 is 11.9 Å². The highest BCUT2D eigenvalue weighted by Crippen LogP contribution is 1.99. The molecule has 1 unspecified atom stereocenters. The summed E-state index contributed by atoms with van der Waals surface area (Å²) < 4.78 is 3.42. The van der Waals surface area contributed by atoms with Crippen LogP contribution in [0.25, 0.3) is 0 Å². The monoisotopic (exact) mass is 245 g/mol. The van der Waals surface area contributed by atoms with Crippen molar-refractivity contribution in [3.05, 3.63) is 11.1 Å². The minimum Gasteiger partial charge on any atom is -0.481 e. The van der Waals surface area contributed by atoms with Gasteiger partial charge in [-0.3, -0.25) is 9.59 Å². The zero-order chi connectivity index (χ0) is 12.1. The van der Waals surface area contributed by atoms with Crippen LogP contribution in [0.4, 0.5) is 0 Å². The Hall–Kier alpha value is -2.03. The molecular formula is C7H7N3O5S. The molecule has 1 atom stereocenters. The van der Waals surface area contributed by atoms with Crippen molar-refractivity contribution in [3.63, 3.8) is 0 Å². The van der Waals surface area contributed by atoms with E-state index >= 15 is 0 Å². The highest BCUT2D eigenvalue weighted by molar-refractivity contribution is 7.03. The van der Waals surface area contributed by atoms with E-state index in [2.05, 4.69) is 9.59 Å². The van der Waals surface area contributed by atoms with E-state index in [1.807, 2.05) is 5.32 Å². The first-order valence-corrected chi connectivity index (χ1v) is 4.87. The topological polar surface area (TPSA) is 129 Å². The molecule has 1 rings (SSSR count). The van der Waals surface area contributed by atoms with Crippen molar-refractivity contribution in [1.29, 1.82) is 0 Å². The normalized spacial score (nSPS) is 11.8. The minimum absolute atomic E-state index is 0.0401. The van der Waals surface area contributed by atoms with E-state index in [9.17, 15) is 14.4 Å². The van der Waals surface area contributed by atoms with Gasteiger partial charge < -0.3 is 15.5 Å². The van der Waals surface area contributed by atoms with Crippen LogP contribution in [0, 0.1) is 0 Å². The van der Waals surface area contributed by atoms with Crippen LogP contribution < -0.4 is 5.32 Å². The van der Waals surface area contributed by atoms with Crippen molar-refractivity contribution in [2.45, 2.75) is 12.5 Å². The molecule has 16 heavy (non-hydrogen) atoms. The molecule has 0 saturated heterocycles. The van der Waals surface area contributed by atoms with Crippen LogP contribution in [-0.4, -0.2) is 43.7 Å². The van der Waals surface area contributed by atoms with Gasteiger partial charge in [0.1, 0.15) is 6.04 Å². The van der Waals surface area contributed by atoms with E-state index in [0.29, 0.717) is 0 Å². The van der Waals surface area contributed by atoms with Crippen molar-refractivity contribution in [3.8, 4) is 0 Å². The molecule has 1 heterocycles. The summed E-state index contributed by atoms with van der Waals surface area (Å²) in [6.45, 7) is 0. The molecule has 0 fully saturated rings. The van der Waals surface area contributed by atoms with E-state index < -0.39 is 30.3 Å². The lowest BCUT2D eigenvalue weighted by atomic mass is 10.2. The summed E-state index contributed by atoms with van der Waals surface area (Å²) in [6, 6.07) is -1.48. The van der Waals surface area contributed by atoms with Gasteiger partial charge in [0, 0.05) is 5.38 Å². The quantitative estimate of drug-likeness (QED) is 0.618. The molecule has 0 saturated carbocycles. The van der Waals surface area contributed by atoms with E-state index in [0.717, 1.165) is 11.5 Å². The van der Waals surface area contributed by atoms with Gasteiger partial charge in [-0.15, -0.1) is 5.10 Å². The molecule has 0 radical (unpaired) electrons. The molecule has 86 valence electrons. The van der Waals surface area contributed by atoms with Crippen LogP contribution in [0.2, 0.25) is 0 Å². The summed E-state index contributed by atoms with van der Waals surface area (Å²) >= 11 is 0.932. The zero-order valence-electron chi connectivity index (χ0n) is 7.78. The number of amides is 1. The van der Waals surface area contributed by atoms with E-state index in [4.69, 9.17) is 10.2 Å². The number of aliphatic carboxylic acids is 2. The fourth-order valence-corrected chi connectivity index (χ4v) is 1.31. The van der Waals surface area contributed by atoms with Gasteiger partial charge in [0.2, 0.25) is 0 Å². The molecule has 0 bridgehead atoms. The fourth-order valence-electron chi connectivity index (χ4n) is 0.870. The van der Waals surface area contributed by atoms with Crippen LogP contribution in [0.15, 0.2) is 5.38 Å². The van der Waals surface area contributed by atoms with Gasteiger partial charge in [-0.2, -0.15) is 0 Å². The molecule has 0 aliphatic rings. The van der Waals surface area contributed by atoms with Crippen LogP contribution in [0.5, 0.6) is 0 Å². The fraction of sp³-hybridized carbons (Fsp3) is 0.286. The third-order valence-corrected chi connectivity index (χ3v) is 2.08. The summed E-state index contributed by atoms with van der Waals surface area (Å²) in [4.78, 5) is 32.3. The zero-order valence-corrected chi connectivity index (χ0v) is 8.60. The Kier molecular flexibility index (Phi) is 3.89. The summed E-state index contributed by atoms with van der Waals surface area (Å²) in [6.07, 6.45) is -0.696. The van der Waals surface area contributed by atoms with Crippen LogP contribution >= 0.6 is 11.5 Å². The van der Waals surface area contributed by atoms with Crippen molar-refractivity contribution in [1.82, 2.24) is 14.9 Å². The second-order valence-electron chi connectivity index (χ2n) is 2.75. The number of carbonyl (C=O) groups excluding carboxylic acids is 1. The molecule has 3 N–H and O–H groups in total. The molecule has 0 aromatic carbocycles. The number of hydrogen-bond donors (Lipinski definition) is 3. The predicted octanol–water partition coefficient (Wildman–Crippen LogP) is -0.804. The molecule has 1 aromatic heterocycles. The lowest BCUT2D eigenvalue weighted by Gasteiger charge is -2.10. The van der Waals surface area contributed by atoms with Gasteiger partial charge in [-0.1, -0.05) is 4.49 Å². The first-order chi connectivity index (χ1) is 7.50. The molecule has 0 aliphatic carbocycles. The molecular weight excluding hydrogens is 238 g/mol. The molecule has 1 aromatic rings. The highest BCUT2D eigenvalue weighted by atomic mass is 32.1. The smallest absolute Gasteiger partial charge is 0.326 e. The number of carbonyl (C=O) groups is 3. The Morgan fingerprint density at radius 3 is 2.56 bits per heavy atom. The average molecular weight is 245 g/mol. The van der Waals surface area contributed by atoms with Gasteiger partial charge in [0.15, 0.2) is 5.69 Å². The number of nitrogens with one attached hydrogen (secondary N) is 1. The first-order valence-electron chi connectivity index (χ1n) is 4.03. The van der Waals surface area contributed by atoms with Gasteiger partial charge in [0.05, 0.1) is 6.42 Å². The largest absolute Gasteiger partial charge is 0.481 e. The van der Waals surface area contributed by atoms with E-state index in [1.54, 1.807) is 0 Å². The van der Waals surface area contributed by atoms with E-state index in [1.165, 1.54) is 5.38 Å². The number of carboxylic acids is 2. The SMILES string of the molecule is O=C(O)CC(NC(=O)c1csnn1)C(=O)O. The maximum Gasteiger partial charge on any atom is 0.326 e. The molecule has 1 amide bonds. The Bertz CT molecular complexity index is 404. The summed E-state index contributed by atoms with van der Waals surface area (Å²) in [5.41, 5.74) is -0.0401. The number of aromatic nitrogens is 2. The van der Waals surface area contributed by atoms with Gasteiger partial charge in [0.25, 0.3) is 5.91 Å². The standard InChI is InChI=1S/C7H7N3O5S/c11-5(12)1-3(7(14)15)8-6(13)4-2-16-10-9-4/h2-3H,1H2,(H,8,13)(H,11,12)(H,14,15). The lowest BCUT2D eigenvalue weighted by molar-refractivity contribution is -0.145. The second-order valence-corrected chi connectivity index (χ2v) is 3.36. The predicted molar refractivity (Wildman–Crippen MR) is 51.1 cm³/mol. The third-order valence-electron chi connectivity index (χ3n) is 1.57. The van der Waals surface area contributed by atoms with Crippen molar-refractivity contribution >= 4 is 29.4 Å². The van der Waals surface area contributed by atoms with Crippen molar-refractivity contribution in [2.24, 2.45) is 0 Å². The maximum absolute atomic E-state index is 11.3. The number of rotatable bonds is 5. The van der Waals surface area contributed by atoms with Gasteiger partial charge in [-0.25, -0.2) is 4.79 Å². The van der Waals surface area contributed by atoms with Crippen molar-refractivity contribution < 1.29 is 24.6 Å². The third kappa shape index (κ3) is 3.28. The summed E-state index contributed by atoms with van der Waals surface area (Å²) in [5.74, 6) is -3.49. The number of carboxylic acid groups (broad SMARTS) is 2. The first kappa shape index (κ1) is 12.0. The van der Waals surface area contributed by atoms with Crippen LogP contribution in [0.1, 0.15) is 16.9 Å². The Morgan fingerprint density at radius 2 is 2.12 bits per heavy atom. The summed E-state index contributed by atoms with van der Waals surface area (Å²) in [7, 11) is 0. The Labute approximate surface area is 93.1 Å². The van der Waals surface area contributed by atoms with Crippen LogP contribution in [0.3, 0.4) is 0 Å².